The molecule has 0 aliphatic carbocycles. The van der Waals surface area contributed by atoms with Crippen LogP contribution >= 0.6 is 71.1 Å². The molecule has 0 atom stereocenters. The quantitative estimate of drug-likeness (QED) is 0.138. The average Bonchev–Trinajstić information content (AvgIpc) is 3.37. The number of rotatable bonds is 10. The number of carbonyl (C=O) groups excluding carboxylic acids is 2. The van der Waals surface area contributed by atoms with E-state index in [4.69, 9.17) is 18.9 Å². The van der Waals surface area contributed by atoms with Gasteiger partial charge in [-0.1, -0.05) is 24.3 Å². The molecule has 0 radical (unpaired) electrons. The van der Waals surface area contributed by atoms with E-state index < -0.39 is 12.2 Å². The van der Waals surface area contributed by atoms with E-state index in [9.17, 15) is 9.59 Å². The predicted octanol–water partition coefficient (Wildman–Crippen LogP) is 9.13. The minimum atomic E-state index is -0.476. The number of para-hydroxylation sites is 2. The van der Waals surface area contributed by atoms with Crippen LogP contribution in [0, 0.1) is 0 Å². The Balaban J connectivity index is 1.10. The van der Waals surface area contributed by atoms with Gasteiger partial charge in [0.1, 0.15) is 11.2 Å². The summed E-state index contributed by atoms with van der Waals surface area (Å²) < 4.78 is 25.9. The van der Waals surface area contributed by atoms with Crippen molar-refractivity contribution >= 4 is 83.3 Å². The molecule has 39 heavy (non-hydrogen) atoms. The van der Waals surface area contributed by atoms with E-state index in [1.54, 1.807) is 26.2 Å². The number of nitrogens with zero attached hydrogens (tertiary/aromatic N) is 2. The average molecular weight is 665 g/mol. The van der Waals surface area contributed by atoms with Gasteiger partial charge in [-0.25, -0.2) is 18.2 Å². The van der Waals surface area contributed by atoms with Crippen molar-refractivity contribution in [2.75, 3.05) is 14.1 Å². The lowest BCUT2D eigenvalue weighted by Crippen LogP contribution is -2.25. The molecule has 0 N–H and O–H groups in total. The molecule has 2 amide bonds. The van der Waals surface area contributed by atoms with Gasteiger partial charge in [0.05, 0.1) is 0 Å². The van der Waals surface area contributed by atoms with Crippen LogP contribution in [0.3, 0.4) is 0 Å². The standard InChI is InChI=1S/C24H28N2O6S7/c1-23(2)13-15-9-7-11-17(19(15)31-23)29-21(27)25(5)33-35-37-39-38-36-34-26(6)22(28)30-18-12-8-10-16-14-24(3,4)32-20(16)18/h7-12H,13-14H2,1-6H3. The maximum atomic E-state index is 12.5. The molecule has 212 valence electrons. The Morgan fingerprint density at radius 1 is 0.692 bits per heavy atom. The molecule has 0 bridgehead atoms. The third-order valence-electron chi connectivity index (χ3n) is 5.41. The summed E-state index contributed by atoms with van der Waals surface area (Å²) in [6, 6.07) is 11.2. The number of hydrogen-bond donors (Lipinski definition) is 0. The van der Waals surface area contributed by atoms with Crippen molar-refractivity contribution in [1.82, 2.24) is 8.61 Å². The fraction of sp³-hybridized carbons (Fsp3) is 0.417. The summed E-state index contributed by atoms with van der Waals surface area (Å²) >= 11 is 0. The minimum Gasteiger partial charge on any atom is -0.483 e. The van der Waals surface area contributed by atoms with Gasteiger partial charge in [-0.05, 0) is 39.8 Å². The molecule has 2 heterocycles. The molecule has 0 fully saturated rings. The second-order valence-electron chi connectivity index (χ2n) is 9.79. The van der Waals surface area contributed by atoms with Crippen LogP contribution in [0.1, 0.15) is 38.8 Å². The van der Waals surface area contributed by atoms with Crippen molar-refractivity contribution in [3.8, 4) is 23.0 Å². The van der Waals surface area contributed by atoms with Gasteiger partial charge >= 0.3 is 12.2 Å². The molecule has 0 aromatic heterocycles. The lowest BCUT2D eigenvalue weighted by Gasteiger charge is -2.19. The van der Waals surface area contributed by atoms with Gasteiger partial charge in [0.2, 0.25) is 0 Å². The van der Waals surface area contributed by atoms with Gasteiger partial charge in [-0.2, -0.15) is 0 Å². The SMILES string of the molecule is CN(SSSSSSSN(C)C(=O)Oc1cccc2c1OC(C)(C)C2)C(=O)Oc1cccc2c1OC(C)(C)C2. The first-order valence-corrected chi connectivity index (χ1v) is 20.4. The number of carbonyl (C=O) groups is 2. The fourth-order valence-corrected chi connectivity index (χ4v) is 17.0. The maximum Gasteiger partial charge on any atom is 0.425 e. The van der Waals surface area contributed by atoms with Crippen molar-refractivity contribution < 1.29 is 28.5 Å². The first-order valence-electron chi connectivity index (χ1n) is 11.7. The van der Waals surface area contributed by atoms with Crippen LogP contribution in [0.4, 0.5) is 9.59 Å². The highest BCUT2D eigenvalue weighted by Crippen LogP contribution is 2.56. The molecule has 8 nitrogen and oxygen atoms in total. The Hall–Kier alpha value is -0.970. The summed E-state index contributed by atoms with van der Waals surface area (Å²) in [6.07, 6.45) is 0.593. The lowest BCUT2D eigenvalue weighted by molar-refractivity contribution is 0.131. The van der Waals surface area contributed by atoms with Crippen LogP contribution in [0.2, 0.25) is 0 Å². The molecule has 15 heteroatoms. The highest BCUT2D eigenvalue weighted by atomic mass is 33.9. The van der Waals surface area contributed by atoms with Crippen molar-refractivity contribution in [2.45, 2.75) is 51.7 Å². The molecule has 0 saturated carbocycles. The van der Waals surface area contributed by atoms with Crippen LogP contribution in [0.15, 0.2) is 36.4 Å². The van der Waals surface area contributed by atoms with Crippen LogP contribution < -0.4 is 18.9 Å². The summed E-state index contributed by atoms with van der Waals surface area (Å²) in [5, 5.41) is 0. The zero-order valence-electron chi connectivity index (χ0n) is 22.1. The Labute approximate surface area is 255 Å². The van der Waals surface area contributed by atoms with E-state index >= 15 is 0 Å². The highest BCUT2D eigenvalue weighted by Gasteiger charge is 2.34. The minimum absolute atomic E-state index is 0.313. The van der Waals surface area contributed by atoms with Crippen molar-refractivity contribution in [3.63, 3.8) is 0 Å². The molecule has 2 aliphatic heterocycles. The third-order valence-corrected chi connectivity index (χ3v) is 18.0. The van der Waals surface area contributed by atoms with Crippen molar-refractivity contribution in [2.24, 2.45) is 0 Å². The van der Waals surface area contributed by atoms with Crippen LogP contribution in [0.25, 0.3) is 0 Å². The molecule has 0 saturated heterocycles. The van der Waals surface area contributed by atoms with E-state index in [0.29, 0.717) is 23.0 Å². The van der Waals surface area contributed by atoms with Gasteiger partial charge < -0.3 is 18.9 Å². The Bertz CT molecular complexity index is 1120. The summed E-state index contributed by atoms with van der Waals surface area (Å²) in [4.78, 5) is 25.1. The molecule has 0 unspecified atom stereocenters. The number of benzene rings is 2. The summed E-state index contributed by atoms with van der Waals surface area (Å²) in [7, 11) is 13.2. The normalized spacial score (nSPS) is 15.9. The van der Waals surface area contributed by atoms with E-state index in [1.165, 1.54) is 79.7 Å². The van der Waals surface area contributed by atoms with Crippen LogP contribution in [-0.4, -0.2) is 46.1 Å². The topological polar surface area (TPSA) is 77.5 Å². The number of amides is 2. The first-order chi connectivity index (χ1) is 18.4. The molecule has 2 aromatic carbocycles. The Morgan fingerprint density at radius 2 is 1.08 bits per heavy atom. The molecule has 2 aromatic rings. The molecule has 0 spiro atoms. The van der Waals surface area contributed by atoms with Gasteiger partial charge in [0.15, 0.2) is 23.0 Å². The van der Waals surface area contributed by atoms with Gasteiger partial charge in [-0.15, -0.1) is 0 Å². The summed E-state index contributed by atoms with van der Waals surface area (Å²) in [6.45, 7) is 8.04. The number of hydrogen-bond acceptors (Lipinski definition) is 13. The third kappa shape index (κ3) is 8.52. The predicted molar refractivity (Wildman–Crippen MR) is 170 cm³/mol. The monoisotopic (exact) mass is 664 g/mol. The largest absolute Gasteiger partial charge is 0.483 e. The van der Waals surface area contributed by atoms with Crippen molar-refractivity contribution in [1.29, 1.82) is 0 Å². The smallest absolute Gasteiger partial charge is 0.425 e. The summed E-state index contributed by atoms with van der Waals surface area (Å²) in [5.74, 6) is 2.14. The van der Waals surface area contributed by atoms with Crippen LogP contribution in [-0.2, 0) is 12.8 Å². The van der Waals surface area contributed by atoms with E-state index in [-0.39, 0.29) is 11.2 Å². The number of fused-ring (bicyclic) bond motifs is 2. The van der Waals surface area contributed by atoms with Gasteiger partial charge in [-0.3, -0.25) is 0 Å². The second-order valence-corrected chi connectivity index (χ2v) is 20.9. The highest BCUT2D eigenvalue weighted by molar-refractivity contribution is 9.45. The number of ether oxygens (including phenoxy) is 4. The Morgan fingerprint density at radius 3 is 1.49 bits per heavy atom. The maximum absolute atomic E-state index is 12.5. The van der Waals surface area contributed by atoms with E-state index in [0.717, 1.165) is 24.0 Å². The van der Waals surface area contributed by atoms with Crippen molar-refractivity contribution in [3.05, 3.63) is 47.5 Å². The van der Waals surface area contributed by atoms with Gasteiger partial charge in [0.25, 0.3) is 0 Å². The molecular weight excluding hydrogens is 637 g/mol. The van der Waals surface area contributed by atoms with Gasteiger partial charge in [0, 0.05) is 109 Å². The van der Waals surface area contributed by atoms with E-state index in [2.05, 4.69) is 0 Å². The molecular formula is C24H28N2O6S7. The van der Waals surface area contributed by atoms with Crippen LogP contribution in [0.5, 0.6) is 23.0 Å². The lowest BCUT2D eigenvalue weighted by atomic mass is 10.0. The first kappa shape index (κ1) is 31.0. The summed E-state index contributed by atoms with van der Waals surface area (Å²) in [5.41, 5.74) is 1.45. The second kappa shape index (κ2) is 13.3. The zero-order valence-corrected chi connectivity index (χ0v) is 27.8. The fourth-order valence-electron chi connectivity index (χ4n) is 3.86. The Kier molecular flexibility index (Phi) is 10.6. The molecule has 4 rings (SSSR count). The molecule has 2 aliphatic rings. The zero-order chi connectivity index (χ0) is 28.2. The van der Waals surface area contributed by atoms with E-state index in [1.807, 2.05) is 52.0 Å².